The van der Waals surface area contributed by atoms with Gasteiger partial charge in [0.1, 0.15) is 11.4 Å². The van der Waals surface area contributed by atoms with Gasteiger partial charge in [0.25, 0.3) is 0 Å². The Bertz CT molecular complexity index is 531. The average Bonchev–Trinajstić information content (AvgIpc) is 2.86. The smallest absolute Gasteiger partial charge is 0.145 e. The van der Waals surface area contributed by atoms with E-state index in [1.807, 2.05) is 22.9 Å². The zero-order valence-corrected chi connectivity index (χ0v) is 12.1. The van der Waals surface area contributed by atoms with Crippen LogP contribution < -0.4 is 0 Å². The first-order chi connectivity index (χ1) is 9.05. The van der Waals surface area contributed by atoms with Crippen LogP contribution in [0.4, 0.5) is 0 Å². The highest BCUT2D eigenvalue weighted by Gasteiger charge is 2.30. The molecule has 19 heavy (non-hydrogen) atoms. The fourth-order valence-corrected chi connectivity index (χ4v) is 2.27. The topological polar surface area (TPSA) is 38.0 Å². The van der Waals surface area contributed by atoms with E-state index in [1.54, 1.807) is 25.3 Å². The van der Waals surface area contributed by atoms with Crippen molar-refractivity contribution in [2.75, 3.05) is 0 Å². The van der Waals surface area contributed by atoms with E-state index in [-0.39, 0.29) is 0 Å². The lowest BCUT2D eigenvalue weighted by atomic mass is 9.95. The Hall–Kier alpha value is -1.32. The summed E-state index contributed by atoms with van der Waals surface area (Å²) in [6, 6.07) is 7.23. The van der Waals surface area contributed by atoms with E-state index in [1.165, 1.54) is 0 Å². The Morgan fingerprint density at radius 3 is 2.63 bits per heavy atom. The minimum Gasteiger partial charge on any atom is -0.377 e. The summed E-state index contributed by atoms with van der Waals surface area (Å²) in [5.41, 5.74) is -0.317. The highest BCUT2D eigenvalue weighted by molar-refractivity contribution is 6.30. The highest BCUT2D eigenvalue weighted by Crippen LogP contribution is 2.28. The third-order valence-corrected chi connectivity index (χ3v) is 3.56. The summed E-state index contributed by atoms with van der Waals surface area (Å²) in [6.07, 6.45) is 5.82. The maximum Gasteiger partial charge on any atom is 0.145 e. The van der Waals surface area contributed by atoms with Gasteiger partial charge in [-0.2, -0.15) is 0 Å². The third-order valence-electron chi connectivity index (χ3n) is 3.31. The summed E-state index contributed by atoms with van der Waals surface area (Å²) >= 11 is 5.88. The highest BCUT2D eigenvalue weighted by atomic mass is 35.5. The van der Waals surface area contributed by atoms with Gasteiger partial charge in [-0.05, 0) is 31.0 Å². The van der Waals surface area contributed by atoms with Gasteiger partial charge in [-0.15, -0.1) is 0 Å². The molecule has 0 saturated heterocycles. The van der Waals surface area contributed by atoms with Crippen LogP contribution in [0.1, 0.15) is 38.1 Å². The normalized spacial score (nSPS) is 14.3. The molecule has 4 heteroatoms. The van der Waals surface area contributed by atoms with Gasteiger partial charge in [-0.1, -0.05) is 37.1 Å². The summed E-state index contributed by atoms with van der Waals surface area (Å²) < 4.78 is 2.01. The van der Waals surface area contributed by atoms with Gasteiger partial charge in [-0.3, -0.25) is 0 Å². The van der Waals surface area contributed by atoms with Gasteiger partial charge in [0.05, 0.1) is 0 Å². The van der Waals surface area contributed by atoms with Crippen molar-refractivity contribution in [3.05, 3.63) is 53.1 Å². The lowest BCUT2D eigenvalue weighted by Gasteiger charge is -2.24. The van der Waals surface area contributed by atoms with E-state index in [4.69, 9.17) is 11.6 Å². The second-order valence-electron chi connectivity index (χ2n) is 4.88. The first kappa shape index (κ1) is 14.1. The summed E-state index contributed by atoms with van der Waals surface area (Å²) in [6.45, 7) is 4.78. The average molecular weight is 279 g/mol. The fourth-order valence-electron chi connectivity index (χ4n) is 2.15. The molecular weight excluding hydrogens is 260 g/mol. The number of aromatic nitrogens is 2. The van der Waals surface area contributed by atoms with Crippen LogP contribution in [0.25, 0.3) is 0 Å². The molecule has 0 aliphatic heterocycles. The van der Waals surface area contributed by atoms with Crippen molar-refractivity contribution in [2.24, 2.45) is 0 Å². The Balaban J connectivity index is 2.33. The van der Waals surface area contributed by atoms with E-state index in [0.717, 1.165) is 24.9 Å². The lowest BCUT2D eigenvalue weighted by Crippen LogP contribution is -2.27. The number of aliphatic hydroxyl groups is 1. The summed E-state index contributed by atoms with van der Waals surface area (Å²) in [5, 5.41) is 11.5. The van der Waals surface area contributed by atoms with Crippen molar-refractivity contribution in [1.29, 1.82) is 0 Å². The fraction of sp³-hybridized carbons (Fsp3) is 0.400. The molecule has 0 saturated carbocycles. The molecule has 1 N–H and O–H groups in total. The molecule has 0 spiro atoms. The van der Waals surface area contributed by atoms with Crippen molar-refractivity contribution in [1.82, 2.24) is 9.55 Å². The molecule has 0 radical (unpaired) electrons. The molecule has 0 aliphatic carbocycles. The van der Waals surface area contributed by atoms with E-state index >= 15 is 0 Å². The molecule has 102 valence electrons. The van der Waals surface area contributed by atoms with Gasteiger partial charge in [0.2, 0.25) is 0 Å². The van der Waals surface area contributed by atoms with Crippen molar-refractivity contribution in [3.63, 3.8) is 0 Å². The van der Waals surface area contributed by atoms with Crippen LogP contribution >= 0.6 is 11.6 Å². The van der Waals surface area contributed by atoms with Crippen LogP contribution in [0, 0.1) is 0 Å². The number of hydrogen-bond donors (Lipinski definition) is 1. The number of hydrogen-bond acceptors (Lipinski definition) is 2. The maximum absolute atomic E-state index is 10.8. The molecular formula is C15H19ClN2O. The van der Waals surface area contributed by atoms with Gasteiger partial charge < -0.3 is 9.67 Å². The number of imidazole rings is 1. The van der Waals surface area contributed by atoms with Crippen molar-refractivity contribution in [2.45, 2.75) is 38.8 Å². The van der Waals surface area contributed by atoms with Crippen molar-refractivity contribution in [3.8, 4) is 0 Å². The summed E-state index contributed by atoms with van der Waals surface area (Å²) in [4.78, 5) is 4.32. The summed E-state index contributed by atoms with van der Waals surface area (Å²) in [7, 11) is 0. The molecule has 0 fully saturated rings. The Morgan fingerprint density at radius 2 is 2.00 bits per heavy atom. The van der Waals surface area contributed by atoms with Gasteiger partial charge in [0, 0.05) is 24.0 Å². The van der Waals surface area contributed by atoms with Crippen LogP contribution in [0.5, 0.6) is 0 Å². The van der Waals surface area contributed by atoms with E-state index in [9.17, 15) is 5.11 Å². The third kappa shape index (κ3) is 2.99. The lowest BCUT2D eigenvalue weighted by molar-refractivity contribution is 0.0878. The molecule has 0 bridgehead atoms. The molecule has 1 aromatic carbocycles. The predicted molar refractivity (Wildman–Crippen MR) is 77.3 cm³/mol. The van der Waals surface area contributed by atoms with Crippen LogP contribution in [0.3, 0.4) is 0 Å². The largest absolute Gasteiger partial charge is 0.377 e. The summed E-state index contributed by atoms with van der Waals surface area (Å²) in [5.74, 6) is 0.670. The predicted octanol–water partition coefficient (Wildman–Crippen LogP) is 3.59. The van der Waals surface area contributed by atoms with E-state index < -0.39 is 5.60 Å². The van der Waals surface area contributed by atoms with Crippen molar-refractivity contribution >= 4 is 11.6 Å². The molecule has 1 heterocycles. The molecule has 2 aromatic rings. The van der Waals surface area contributed by atoms with E-state index in [2.05, 4.69) is 11.9 Å². The molecule has 0 amide bonds. The Kier molecular flexibility index (Phi) is 4.27. The molecule has 1 unspecified atom stereocenters. The van der Waals surface area contributed by atoms with Crippen LogP contribution in [0.2, 0.25) is 5.02 Å². The Morgan fingerprint density at radius 1 is 1.32 bits per heavy atom. The molecule has 1 aromatic heterocycles. The van der Waals surface area contributed by atoms with Crippen molar-refractivity contribution < 1.29 is 5.11 Å². The van der Waals surface area contributed by atoms with E-state index in [0.29, 0.717) is 10.8 Å². The first-order valence-corrected chi connectivity index (χ1v) is 6.93. The molecule has 1 atom stereocenters. The first-order valence-electron chi connectivity index (χ1n) is 6.55. The number of aryl methyl sites for hydroxylation is 1. The molecule has 2 rings (SSSR count). The molecule has 0 aliphatic rings. The Labute approximate surface area is 118 Å². The van der Waals surface area contributed by atoms with Gasteiger partial charge in [-0.25, -0.2) is 4.98 Å². The second-order valence-corrected chi connectivity index (χ2v) is 5.31. The molecule has 3 nitrogen and oxygen atoms in total. The number of benzene rings is 1. The number of nitrogens with zero attached hydrogens (tertiary/aromatic N) is 2. The van der Waals surface area contributed by atoms with Gasteiger partial charge in [0.15, 0.2) is 0 Å². The number of rotatable bonds is 5. The minimum atomic E-state index is -1.11. The quantitative estimate of drug-likeness (QED) is 0.908. The maximum atomic E-state index is 10.8. The number of halogens is 1. The SMILES string of the molecule is CCCCn1ccnc1C(C)(O)c1ccc(Cl)cc1. The second kappa shape index (κ2) is 5.76. The zero-order valence-electron chi connectivity index (χ0n) is 11.3. The number of unbranched alkanes of at least 4 members (excludes halogenated alkanes) is 1. The monoisotopic (exact) mass is 278 g/mol. The standard InChI is InChI=1S/C15H19ClN2O/c1-3-4-10-18-11-9-17-14(18)15(2,19)12-5-7-13(16)8-6-12/h5-9,11,19H,3-4,10H2,1-2H3. The zero-order chi connectivity index (χ0) is 13.9. The van der Waals surface area contributed by atoms with Crippen LogP contribution in [-0.2, 0) is 12.1 Å². The van der Waals surface area contributed by atoms with Crippen LogP contribution in [0.15, 0.2) is 36.7 Å². The van der Waals surface area contributed by atoms with Crippen LogP contribution in [-0.4, -0.2) is 14.7 Å². The minimum absolute atomic E-state index is 0.661. The van der Waals surface area contributed by atoms with Gasteiger partial charge >= 0.3 is 0 Å².